The lowest BCUT2D eigenvalue weighted by molar-refractivity contribution is -0.119. The molecule has 0 aliphatic carbocycles. The van der Waals surface area contributed by atoms with E-state index in [-0.39, 0.29) is 30.1 Å². The van der Waals surface area contributed by atoms with E-state index in [0.29, 0.717) is 6.42 Å². The number of carbonyl (C=O) groups excluding carboxylic acids is 1. The van der Waals surface area contributed by atoms with Crippen LogP contribution in [0.3, 0.4) is 0 Å². The number of carbonyl (C=O) groups is 1. The summed E-state index contributed by atoms with van der Waals surface area (Å²) in [5, 5.41) is 0. The highest BCUT2D eigenvalue weighted by Crippen LogP contribution is 2.28. The van der Waals surface area contributed by atoms with E-state index in [9.17, 15) is 18.0 Å². The van der Waals surface area contributed by atoms with Gasteiger partial charge in [0.05, 0.1) is 23.5 Å². The molecule has 0 heterocycles. The molecular weight excluding hydrogens is 285 g/mol. The Morgan fingerprint density at radius 1 is 1.33 bits per heavy atom. The summed E-state index contributed by atoms with van der Waals surface area (Å²) in [5.41, 5.74) is 6.33. The maximum Gasteiger partial charge on any atom is 0.405 e. The molecule has 1 aromatic rings. The molecule has 0 aliphatic heterocycles. The first kappa shape index (κ1) is 17.1. The standard InChI is InChI=1S/C14H19F3N2O2/c1-3-7-19(9-14(15,16)17)12-8-10(5-6-11(12)18)13(20)21-4-2/h5-6,8H,3-4,7,9,18H2,1-2H3. The predicted molar refractivity (Wildman–Crippen MR) is 75.4 cm³/mol. The molecule has 118 valence electrons. The van der Waals surface area contributed by atoms with Crippen molar-refractivity contribution in [3.05, 3.63) is 23.8 Å². The van der Waals surface area contributed by atoms with E-state index in [4.69, 9.17) is 10.5 Å². The van der Waals surface area contributed by atoms with Crippen LogP contribution < -0.4 is 10.6 Å². The second-order valence-electron chi connectivity index (χ2n) is 4.53. The Balaban J connectivity index is 3.11. The van der Waals surface area contributed by atoms with Gasteiger partial charge in [-0.2, -0.15) is 13.2 Å². The zero-order chi connectivity index (χ0) is 16.0. The van der Waals surface area contributed by atoms with Crippen LogP contribution in [0, 0.1) is 0 Å². The Kier molecular flexibility index (Phi) is 5.87. The molecule has 0 spiro atoms. The van der Waals surface area contributed by atoms with Gasteiger partial charge in [-0.3, -0.25) is 0 Å². The fourth-order valence-corrected chi connectivity index (χ4v) is 1.93. The molecule has 0 aromatic heterocycles. The number of nitrogens with two attached hydrogens (primary N) is 1. The van der Waals surface area contributed by atoms with Crippen molar-refractivity contribution in [2.24, 2.45) is 0 Å². The van der Waals surface area contributed by atoms with Crippen LogP contribution in [0.15, 0.2) is 18.2 Å². The van der Waals surface area contributed by atoms with Crippen molar-refractivity contribution in [3.8, 4) is 0 Å². The van der Waals surface area contributed by atoms with Crippen molar-refractivity contribution in [2.75, 3.05) is 30.3 Å². The molecule has 0 unspecified atom stereocenters. The van der Waals surface area contributed by atoms with Crippen LogP contribution in [0.4, 0.5) is 24.5 Å². The first-order valence-corrected chi connectivity index (χ1v) is 6.66. The molecule has 0 atom stereocenters. The highest BCUT2D eigenvalue weighted by molar-refractivity contribution is 5.92. The van der Waals surface area contributed by atoms with Gasteiger partial charge in [0.2, 0.25) is 0 Å². The predicted octanol–water partition coefficient (Wildman–Crippen LogP) is 3.22. The Labute approximate surface area is 121 Å². The number of ether oxygens (including phenoxy) is 1. The van der Waals surface area contributed by atoms with Crippen molar-refractivity contribution in [3.63, 3.8) is 0 Å². The van der Waals surface area contributed by atoms with E-state index in [2.05, 4.69) is 0 Å². The highest BCUT2D eigenvalue weighted by atomic mass is 19.4. The maximum atomic E-state index is 12.7. The maximum absolute atomic E-state index is 12.7. The minimum atomic E-state index is -4.35. The molecule has 7 heteroatoms. The summed E-state index contributed by atoms with van der Waals surface area (Å²) in [5.74, 6) is -0.581. The lowest BCUT2D eigenvalue weighted by atomic mass is 10.1. The van der Waals surface area contributed by atoms with E-state index in [1.807, 2.05) is 0 Å². The van der Waals surface area contributed by atoms with Gasteiger partial charge in [-0.1, -0.05) is 6.92 Å². The van der Waals surface area contributed by atoms with Gasteiger partial charge in [0, 0.05) is 6.54 Å². The van der Waals surface area contributed by atoms with Crippen molar-refractivity contribution < 1.29 is 22.7 Å². The van der Waals surface area contributed by atoms with Gasteiger partial charge in [-0.15, -0.1) is 0 Å². The monoisotopic (exact) mass is 304 g/mol. The first-order chi connectivity index (χ1) is 9.78. The van der Waals surface area contributed by atoms with Gasteiger partial charge < -0.3 is 15.4 Å². The summed E-state index contributed by atoms with van der Waals surface area (Å²) in [7, 11) is 0. The van der Waals surface area contributed by atoms with E-state index < -0.39 is 18.7 Å². The van der Waals surface area contributed by atoms with Gasteiger partial charge in [0.25, 0.3) is 0 Å². The molecule has 0 aliphatic rings. The molecular formula is C14H19F3N2O2. The molecule has 21 heavy (non-hydrogen) atoms. The number of nitrogen functional groups attached to an aromatic ring is 1. The molecule has 0 saturated heterocycles. The van der Waals surface area contributed by atoms with Gasteiger partial charge in [-0.05, 0) is 31.5 Å². The van der Waals surface area contributed by atoms with Crippen LogP contribution in [0.1, 0.15) is 30.6 Å². The third-order valence-electron chi connectivity index (χ3n) is 2.75. The van der Waals surface area contributed by atoms with E-state index in [1.165, 1.54) is 18.2 Å². The zero-order valence-corrected chi connectivity index (χ0v) is 12.0. The van der Waals surface area contributed by atoms with Gasteiger partial charge >= 0.3 is 12.1 Å². The minimum absolute atomic E-state index is 0.185. The summed E-state index contributed by atoms with van der Waals surface area (Å²) in [6, 6.07) is 4.20. The van der Waals surface area contributed by atoms with Gasteiger partial charge in [0.15, 0.2) is 0 Å². The average molecular weight is 304 g/mol. The number of halogens is 3. The normalized spacial score (nSPS) is 11.3. The van der Waals surface area contributed by atoms with E-state index in [1.54, 1.807) is 13.8 Å². The molecule has 2 N–H and O–H groups in total. The third kappa shape index (κ3) is 5.17. The molecule has 1 aromatic carbocycles. The Hall–Kier alpha value is -1.92. The summed E-state index contributed by atoms with van der Waals surface area (Å²) in [4.78, 5) is 12.8. The van der Waals surface area contributed by atoms with Crippen molar-refractivity contribution in [1.29, 1.82) is 0 Å². The smallest absolute Gasteiger partial charge is 0.405 e. The summed E-state index contributed by atoms with van der Waals surface area (Å²) >= 11 is 0. The molecule has 4 nitrogen and oxygen atoms in total. The van der Waals surface area contributed by atoms with E-state index >= 15 is 0 Å². The summed E-state index contributed by atoms with van der Waals surface area (Å²) < 4.78 is 42.8. The van der Waals surface area contributed by atoms with Gasteiger partial charge in [0.1, 0.15) is 6.54 Å². The SMILES string of the molecule is CCCN(CC(F)(F)F)c1cc(C(=O)OCC)ccc1N. The van der Waals surface area contributed by atoms with Crippen LogP contribution in [-0.2, 0) is 4.74 Å². The topological polar surface area (TPSA) is 55.6 Å². The summed E-state index contributed by atoms with van der Waals surface area (Å²) in [6.45, 7) is 2.70. The highest BCUT2D eigenvalue weighted by Gasteiger charge is 2.31. The zero-order valence-electron chi connectivity index (χ0n) is 12.0. The Morgan fingerprint density at radius 3 is 2.52 bits per heavy atom. The number of hydrogen-bond donors (Lipinski definition) is 1. The quantitative estimate of drug-likeness (QED) is 0.647. The number of hydrogen-bond acceptors (Lipinski definition) is 4. The van der Waals surface area contributed by atoms with Crippen molar-refractivity contribution in [1.82, 2.24) is 0 Å². The van der Waals surface area contributed by atoms with E-state index in [0.717, 1.165) is 4.90 Å². The molecule has 0 amide bonds. The Bertz CT molecular complexity index is 490. The number of benzene rings is 1. The lowest BCUT2D eigenvalue weighted by Crippen LogP contribution is -2.35. The van der Waals surface area contributed by atoms with Crippen LogP contribution in [0.2, 0.25) is 0 Å². The second kappa shape index (κ2) is 7.19. The number of nitrogens with zero attached hydrogens (tertiary/aromatic N) is 1. The molecule has 0 radical (unpaired) electrons. The van der Waals surface area contributed by atoms with Crippen LogP contribution in [0.5, 0.6) is 0 Å². The number of rotatable bonds is 6. The molecule has 0 saturated carbocycles. The number of esters is 1. The van der Waals surface area contributed by atoms with Crippen molar-refractivity contribution >= 4 is 17.3 Å². The van der Waals surface area contributed by atoms with Crippen LogP contribution >= 0.6 is 0 Å². The Morgan fingerprint density at radius 2 is 2.00 bits per heavy atom. The van der Waals surface area contributed by atoms with Gasteiger partial charge in [-0.25, -0.2) is 4.79 Å². The fourth-order valence-electron chi connectivity index (χ4n) is 1.93. The molecule has 0 bridgehead atoms. The van der Waals surface area contributed by atoms with Crippen LogP contribution in [0.25, 0.3) is 0 Å². The third-order valence-corrected chi connectivity index (χ3v) is 2.75. The van der Waals surface area contributed by atoms with Crippen molar-refractivity contribution in [2.45, 2.75) is 26.4 Å². The second-order valence-corrected chi connectivity index (χ2v) is 4.53. The lowest BCUT2D eigenvalue weighted by Gasteiger charge is -2.27. The minimum Gasteiger partial charge on any atom is -0.462 e. The average Bonchev–Trinajstić information content (AvgIpc) is 2.37. The molecule has 1 rings (SSSR count). The summed E-state index contributed by atoms with van der Waals surface area (Å²) in [6.07, 6.45) is -3.82. The first-order valence-electron chi connectivity index (χ1n) is 6.66. The largest absolute Gasteiger partial charge is 0.462 e. The van der Waals surface area contributed by atoms with Crippen LogP contribution in [-0.4, -0.2) is 31.8 Å². The number of anilines is 2. The fraction of sp³-hybridized carbons (Fsp3) is 0.500. The number of alkyl halides is 3. The molecule has 0 fully saturated rings.